The molecule has 2 heteroatoms. The summed E-state index contributed by atoms with van der Waals surface area (Å²) in [7, 11) is -0.835. The van der Waals surface area contributed by atoms with Crippen molar-refractivity contribution in [2.45, 2.75) is 39.5 Å². The minimum Gasteiger partial charge on any atom is -0.303 e. The lowest BCUT2D eigenvalue weighted by Crippen LogP contribution is -2.57. The van der Waals surface area contributed by atoms with E-state index in [1.807, 2.05) is 0 Å². The Bertz CT molecular complexity index is 139. The maximum Gasteiger partial charge on any atom is 0.0599 e. The highest BCUT2D eigenvalue weighted by molar-refractivity contribution is 6.76. The van der Waals surface area contributed by atoms with Crippen LogP contribution >= 0.6 is 0 Å². The van der Waals surface area contributed by atoms with Gasteiger partial charge in [0.25, 0.3) is 0 Å². The number of hydrogen-bond acceptors (Lipinski definition) is 1. The van der Waals surface area contributed by atoms with Crippen molar-refractivity contribution in [1.29, 1.82) is 0 Å². The molecule has 2 unspecified atom stereocenters. The zero-order valence-corrected chi connectivity index (χ0v) is 9.52. The van der Waals surface area contributed by atoms with Gasteiger partial charge in [0.1, 0.15) is 0 Å². The van der Waals surface area contributed by atoms with E-state index in [0.29, 0.717) is 0 Å². The molecule has 0 N–H and O–H groups in total. The van der Waals surface area contributed by atoms with E-state index in [0.717, 1.165) is 12.0 Å². The van der Waals surface area contributed by atoms with E-state index in [4.69, 9.17) is 0 Å². The molecule has 0 spiro atoms. The monoisotopic (exact) mass is 171 g/mol. The zero-order chi connectivity index (χ0) is 8.65. The van der Waals surface area contributed by atoms with Crippen LogP contribution in [0.1, 0.15) is 13.8 Å². The molecule has 0 aliphatic carbocycles. The quantitative estimate of drug-likeness (QED) is 0.576. The summed E-state index contributed by atoms with van der Waals surface area (Å²) in [6.45, 7) is 13.4. The molecule has 1 rings (SSSR count). The van der Waals surface area contributed by atoms with Crippen molar-refractivity contribution in [2.75, 3.05) is 12.7 Å². The molecule has 0 bridgehead atoms. The summed E-state index contributed by atoms with van der Waals surface area (Å²) >= 11 is 0. The lowest BCUT2D eigenvalue weighted by molar-refractivity contribution is 0.0563. The highest BCUT2D eigenvalue weighted by Gasteiger charge is 2.34. The highest BCUT2D eigenvalue weighted by Crippen LogP contribution is 2.24. The van der Waals surface area contributed by atoms with E-state index < -0.39 is 8.07 Å². The minimum atomic E-state index is -0.835. The third kappa shape index (κ3) is 2.31. The van der Waals surface area contributed by atoms with Crippen molar-refractivity contribution in [3.63, 3.8) is 0 Å². The largest absolute Gasteiger partial charge is 0.303 e. The summed E-state index contributed by atoms with van der Waals surface area (Å²) in [5.74, 6) is 0.936. The van der Waals surface area contributed by atoms with Gasteiger partial charge in [-0.25, -0.2) is 0 Å². The molecular formula is C9H21NSi. The molecule has 0 aromatic heterocycles. The van der Waals surface area contributed by atoms with Crippen LogP contribution in [0.25, 0.3) is 0 Å². The van der Waals surface area contributed by atoms with E-state index in [1.54, 1.807) is 0 Å². The Balaban J connectivity index is 2.31. The van der Waals surface area contributed by atoms with Crippen molar-refractivity contribution >= 4 is 8.07 Å². The van der Waals surface area contributed by atoms with Crippen LogP contribution in [0.4, 0.5) is 0 Å². The standard InChI is InChI=1S/C9H21NSi/c1-8-6-10(9(8)2)7-11(3,4)5/h8-9H,6-7H2,1-5H3. The van der Waals surface area contributed by atoms with E-state index >= 15 is 0 Å². The number of hydrogen-bond donors (Lipinski definition) is 0. The lowest BCUT2D eigenvalue weighted by Gasteiger charge is -2.47. The van der Waals surface area contributed by atoms with Crippen LogP contribution in [0.5, 0.6) is 0 Å². The Morgan fingerprint density at radius 1 is 1.27 bits per heavy atom. The SMILES string of the molecule is CC1CN(C[Si](C)(C)C)C1C. The van der Waals surface area contributed by atoms with Crippen molar-refractivity contribution in [3.8, 4) is 0 Å². The molecule has 1 fully saturated rings. The minimum absolute atomic E-state index is 0.835. The zero-order valence-electron chi connectivity index (χ0n) is 8.52. The van der Waals surface area contributed by atoms with Gasteiger partial charge < -0.3 is 4.90 Å². The Hall–Kier alpha value is 0.177. The van der Waals surface area contributed by atoms with Gasteiger partial charge in [-0.15, -0.1) is 0 Å². The Morgan fingerprint density at radius 3 is 2.09 bits per heavy atom. The second-order valence-corrected chi connectivity index (χ2v) is 10.6. The van der Waals surface area contributed by atoms with Crippen molar-refractivity contribution < 1.29 is 0 Å². The molecule has 2 atom stereocenters. The first-order chi connectivity index (χ1) is 4.90. The molecule has 1 heterocycles. The fourth-order valence-electron chi connectivity index (χ4n) is 1.73. The maximum atomic E-state index is 2.64. The van der Waals surface area contributed by atoms with Gasteiger partial charge in [-0.1, -0.05) is 26.6 Å². The molecule has 0 radical (unpaired) electrons. The predicted octanol–water partition coefficient (Wildman–Crippen LogP) is 2.20. The fourth-order valence-corrected chi connectivity index (χ4v) is 3.36. The molecule has 1 aliphatic heterocycles. The third-order valence-electron chi connectivity index (χ3n) is 2.60. The molecule has 0 aromatic rings. The maximum absolute atomic E-state index is 2.64. The highest BCUT2D eigenvalue weighted by atomic mass is 28.3. The smallest absolute Gasteiger partial charge is 0.0599 e. The summed E-state index contributed by atoms with van der Waals surface area (Å²) in [5.41, 5.74) is 0. The van der Waals surface area contributed by atoms with Crippen LogP contribution in [0, 0.1) is 5.92 Å². The topological polar surface area (TPSA) is 3.24 Å². The van der Waals surface area contributed by atoms with Crippen LogP contribution in [-0.4, -0.2) is 31.7 Å². The second kappa shape index (κ2) is 2.90. The summed E-state index contributed by atoms with van der Waals surface area (Å²) in [6.07, 6.45) is 1.39. The molecule has 66 valence electrons. The van der Waals surface area contributed by atoms with Gasteiger partial charge in [-0.2, -0.15) is 0 Å². The molecule has 0 aromatic carbocycles. The van der Waals surface area contributed by atoms with E-state index in [9.17, 15) is 0 Å². The van der Waals surface area contributed by atoms with Gasteiger partial charge in [0.15, 0.2) is 0 Å². The first kappa shape index (κ1) is 9.27. The predicted molar refractivity (Wildman–Crippen MR) is 53.5 cm³/mol. The third-order valence-corrected chi connectivity index (χ3v) is 3.95. The lowest BCUT2D eigenvalue weighted by atomic mass is 9.93. The van der Waals surface area contributed by atoms with Crippen LogP contribution < -0.4 is 0 Å². The summed E-state index contributed by atoms with van der Waals surface area (Å²) in [4.78, 5) is 2.64. The molecule has 1 nitrogen and oxygen atoms in total. The van der Waals surface area contributed by atoms with Crippen LogP contribution in [-0.2, 0) is 0 Å². The Morgan fingerprint density at radius 2 is 1.82 bits per heavy atom. The number of nitrogens with zero attached hydrogens (tertiary/aromatic N) is 1. The average Bonchev–Trinajstić information content (AvgIpc) is 1.84. The average molecular weight is 171 g/mol. The molecule has 11 heavy (non-hydrogen) atoms. The van der Waals surface area contributed by atoms with E-state index in [2.05, 4.69) is 38.4 Å². The van der Waals surface area contributed by atoms with Crippen LogP contribution in [0.2, 0.25) is 19.6 Å². The first-order valence-corrected chi connectivity index (χ1v) is 8.35. The van der Waals surface area contributed by atoms with Crippen LogP contribution in [0.3, 0.4) is 0 Å². The van der Waals surface area contributed by atoms with Gasteiger partial charge in [-0.3, -0.25) is 0 Å². The summed E-state index contributed by atoms with van der Waals surface area (Å²) < 4.78 is 0. The van der Waals surface area contributed by atoms with Crippen molar-refractivity contribution in [3.05, 3.63) is 0 Å². The van der Waals surface area contributed by atoms with Gasteiger partial charge in [-0.05, 0) is 19.0 Å². The molecule has 1 aliphatic rings. The van der Waals surface area contributed by atoms with E-state index in [-0.39, 0.29) is 0 Å². The van der Waals surface area contributed by atoms with Gasteiger partial charge in [0.2, 0.25) is 0 Å². The summed E-state index contributed by atoms with van der Waals surface area (Å²) in [6, 6.07) is 0.849. The Kier molecular flexibility index (Phi) is 2.45. The van der Waals surface area contributed by atoms with Crippen molar-refractivity contribution in [2.24, 2.45) is 5.92 Å². The van der Waals surface area contributed by atoms with Gasteiger partial charge in [0.05, 0.1) is 8.07 Å². The second-order valence-electron chi connectivity index (χ2n) is 5.21. The fraction of sp³-hybridized carbons (Fsp3) is 1.00. The van der Waals surface area contributed by atoms with Gasteiger partial charge in [0, 0.05) is 12.6 Å². The molecular weight excluding hydrogens is 150 g/mol. The normalized spacial score (nSPS) is 33.5. The first-order valence-electron chi connectivity index (χ1n) is 4.64. The van der Waals surface area contributed by atoms with Crippen molar-refractivity contribution in [1.82, 2.24) is 4.90 Å². The molecule has 0 saturated carbocycles. The number of rotatable bonds is 2. The summed E-state index contributed by atoms with van der Waals surface area (Å²) in [5, 5.41) is 0. The van der Waals surface area contributed by atoms with Gasteiger partial charge >= 0.3 is 0 Å². The Labute approximate surface area is 71.8 Å². The molecule has 1 saturated heterocycles. The van der Waals surface area contributed by atoms with E-state index in [1.165, 1.54) is 12.7 Å². The van der Waals surface area contributed by atoms with Crippen LogP contribution in [0.15, 0.2) is 0 Å². The molecule has 0 amide bonds. The number of likely N-dealkylation sites (tertiary alicyclic amines) is 1.